The largest absolute Gasteiger partial charge is 1.00 e. The van der Waals surface area contributed by atoms with E-state index in [1.807, 2.05) is 0 Å². The van der Waals surface area contributed by atoms with E-state index in [4.69, 9.17) is 15.3 Å². The SMILES string of the molecule is CCOC(OCC(=O)O)(C(=O)O)C(=O)O.[H-].[H-].[H-].[Na+].[Na+].[Na+]. The molecule has 0 unspecified atom stereocenters. The monoisotopic (exact) mass is 294 g/mol. The van der Waals surface area contributed by atoms with Gasteiger partial charge in [0.05, 0.1) is 0 Å². The molecule has 18 heavy (non-hydrogen) atoms. The van der Waals surface area contributed by atoms with Crippen LogP contribution in [0.25, 0.3) is 0 Å². The first-order valence-electron chi connectivity index (χ1n) is 3.83. The van der Waals surface area contributed by atoms with Crippen LogP contribution in [0.5, 0.6) is 0 Å². The van der Waals surface area contributed by atoms with E-state index < -0.39 is 30.3 Å². The summed E-state index contributed by atoms with van der Waals surface area (Å²) < 4.78 is 8.65. The Morgan fingerprint density at radius 1 is 1.00 bits per heavy atom. The van der Waals surface area contributed by atoms with Gasteiger partial charge in [0.1, 0.15) is 6.61 Å². The fourth-order valence-electron chi connectivity index (χ4n) is 0.747. The zero-order valence-corrected chi connectivity index (χ0v) is 16.8. The first-order valence-corrected chi connectivity index (χ1v) is 3.83. The van der Waals surface area contributed by atoms with Crippen molar-refractivity contribution in [1.82, 2.24) is 0 Å². The van der Waals surface area contributed by atoms with Gasteiger partial charge in [-0.3, -0.25) is 0 Å². The fraction of sp³-hybridized carbons (Fsp3) is 0.571. The number of aliphatic carboxylic acids is 3. The molecule has 0 saturated heterocycles. The minimum Gasteiger partial charge on any atom is -1.00 e. The molecule has 0 spiro atoms. The van der Waals surface area contributed by atoms with Gasteiger partial charge in [-0.05, 0) is 6.92 Å². The van der Waals surface area contributed by atoms with Gasteiger partial charge in [-0.2, -0.15) is 0 Å². The normalized spacial score (nSPS) is 9.17. The molecule has 0 aliphatic heterocycles. The Labute approximate surface area is 174 Å². The Morgan fingerprint density at radius 3 is 1.61 bits per heavy atom. The maximum Gasteiger partial charge on any atom is 1.00 e. The molecule has 0 atom stereocenters. The third-order valence-electron chi connectivity index (χ3n) is 1.31. The van der Waals surface area contributed by atoms with Crippen LogP contribution < -0.4 is 88.7 Å². The van der Waals surface area contributed by atoms with Crippen LogP contribution >= 0.6 is 0 Å². The van der Waals surface area contributed by atoms with Crippen LogP contribution in [0.4, 0.5) is 0 Å². The molecular formula is C7H13Na3O8. The smallest absolute Gasteiger partial charge is 1.00 e. The van der Waals surface area contributed by atoms with Crippen LogP contribution in [0.3, 0.4) is 0 Å². The van der Waals surface area contributed by atoms with Crippen molar-refractivity contribution in [3.63, 3.8) is 0 Å². The summed E-state index contributed by atoms with van der Waals surface area (Å²) in [4.78, 5) is 31.4. The first kappa shape index (κ1) is 27.6. The Morgan fingerprint density at radius 2 is 1.39 bits per heavy atom. The second-order valence-electron chi connectivity index (χ2n) is 2.34. The molecule has 0 aromatic rings. The Bertz CT molecular complexity index is 280. The topological polar surface area (TPSA) is 130 Å². The summed E-state index contributed by atoms with van der Waals surface area (Å²) in [5, 5.41) is 25.5. The molecule has 0 aliphatic rings. The summed E-state index contributed by atoms with van der Waals surface area (Å²) in [7, 11) is 0. The molecule has 0 fully saturated rings. The predicted octanol–water partition coefficient (Wildman–Crippen LogP) is -9.66. The number of ether oxygens (including phenoxy) is 2. The number of hydrogen-bond acceptors (Lipinski definition) is 5. The maximum atomic E-state index is 10.6. The van der Waals surface area contributed by atoms with Gasteiger partial charge in [-0.25, -0.2) is 14.4 Å². The van der Waals surface area contributed by atoms with Crippen molar-refractivity contribution in [2.45, 2.75) is 12.7 Å². The summed E-state index contributed by atoms with van der Waals surface area (Å²) in [6, 6.07) is 0. The number of carboxylic acids is 3. The van der Waals surface area contributed by atoms with Crippen LogP contribution in [0.1, 0.15) is 11.2 Å². The zero-order valence-electron chi connectivity index (χ0n) is 13.8. The standard InChI is InChI=1S/C7H10O8.3Na.3H/c1-2-14-7(5(10)11,6(12)13)15-3-4(8)9;;;;;;/h2-3H2,1H3,(H,8,9)(H,10,11)(H,12,13);;;;;;/q;3*+1;3*-1. The number of carbonyl (C=O) groups is 3. The second-order valence-corrected chi connectivity index (χ2v) is 2.34. The van der Waals surface area contributed by atoms with Crippen LogP contribution in [0.15, 0.2) is 0 Å². The van der Waals surface area contributed by atoms with Gasteiger partial charge in [0.2, 0.25) is 0 Å². The summed E-state index contributed by atoms with van der Waals surface area (Å²) >= 11 is 0. The molecule has 0 bridgehead atoms. The van der Waals surface area contributed by atoms with Gasteiger partial charge in [0.15, 0.2) is 0 Å². The van der Waals surface area contributed by atoms with E-state index in [0.717, 1.165) is 0 Å². The van der Waals surface area contributed by atoms with E-state index in [1.54, 1.807) is 0 Å². The van der Waals surface area contributed by atoms with Crippen molar-refractivity contribution < 1.29 is 132 Å². The Balaban J connectivity index is -0.0000000653. The van der Waals surface area contributed by atoms with Crippen LogP contribution in [-0.4, -0.2) is 52.2 Å². The molecule has 0 heterocycles. The minimum atomic E-state index is -2.97. The van der Waals surface area contributed by atoms with E-state index in [2.05, 4.69) is 9.47 Å². The van der Waals surface area contributed by atoms with E-state index in [-0.39, 0.29) is 99.6 Å². The molecule has 11 heteroatoms. The van der Waals surface area contributed by atoms with Crippen LogP contribution in [0, 0.1) is 0 Å². The van der Waals surface area contributed by atoms with Gasteiger partial charge in [-0.15, -0.1) is 0 Å². The predicted molar refractivity (Wildman–Crippen MR) is 46.6 cm³/mol. The van der Waals surface area contributed by atoms with Crippen molar-refractivity contribution in [2.24, 2.45) is 0 Å². The maximum absolute atomic E-state index is 10.6. The van der Waals surface area contributed by atoms with Crippen molar-refractivity contribution in [3.8, 4) is 0 Å². The van der Waals surface area contributed by atoms with Crippen molar-refractivity contribution in [2.75, 3.05) is 13.2 Å². The number of rotatable bonds is 7. The second kappa shape index (κ2) is 13.3. The molecule has 0 saturated carbocycles. The van der Waals surface area contributed by atoms with E-state index in [9.17, 15) is 14.4 Å². The quantitative estimate of drug-likeness (QED) is 0.240. The Kier molecular flexibility index (Phi) is 20.4. The van der Waals surface area contributed by atoms with E-state index in [1.165, 1.54) is 6.92 Å². The molecule has 8 nitrogen and oxygen atoms in total. The Hall–Kier alpha value is 1.33. The third kappa shape index (κ3) is 8.49. The molecule has 0 aliphatic carbocycles. The average molecular weight is 294 g/mol. The molecular weight excluding hydrogens is 281 g/mol. The fourth-order valence-corrected chi connectivity index (χ4v) is 0.747. The van der Waals surface area contributed by atoms with Crippen LogP contribution in [0.2, 0.25) is 0 Å². The summed E-state index contributed by atoms with van der Waals surface area (Å²) in [6.45, 7) is 0.0155. The minimum absolute atomic E-state index is 0. The summed E-state index contributed by atoms with van der Waals surface area (Å²) in [6.07, 6.45) is 0. The molecule has 0 radical (unpaired) electrons. The van der Waals surface area contributed by atoms with Crippen molar-refractivity contribution in [3.05, 3.63) is 0 Å². The molecule has 0 aromatic heterocycles. The third-order valence-corrected chi connectivity index (χ3v) is 1.31. The molecule has 0 rings (SSSR count). The summed E-state index contributed by atoms with van der Waals surface area (Å²) in [5.74, 6) is -8.30. The molecule has 3 N–H and O–H groups in total. The van der Waals surface area contributed by atoms with Gasteiger partial charge in [0.25, 0.3) is 0 Å². The first-order chi connectivity index (χ1) is 6.86. The number of hydrogen-bond donors (Lipinski definition) is 3. The average Bonchev–Trinajstić information content (AvgIpc) is 2.10. The van der Waals surface area contributed by atoms with Gasteiger partial charge in [-0.1, -0.05) is 0 Å². The summed E-state index contributed by atoms with van der Waals surface area (Å²) in [5.41, 5.74) is 0. The van der Waals surface area contributed by atoms with Crippen LogP contribution in [-0.2, 0) is 23.9 Å². The number of carboxylic acid groups (broad SMARTS) is 3. The molecule has 0 amide bonds. The van der Waals surface area contributed by atoms with Gasteiger partial charge in [0, 0.05) is 6.61 Å². The van der Waals surface area contributed by atoms with Crippen molar-refractivity contribution >= 4 is 17.9 Å². The van der Waals surface area contributed by atoms with E-state index >= 15 is 0 Å². The molecule has 92 valence electrons. The van der Waals surface area contributed by atoms with Gasteiger partial charge < -0.3 is 29.1 Å². The zero-order chi connectivity index (χ0) is 12.1. The van der Waals surface area contributed by atoms with Gasteiger partial charge >= 0.3 is 112 Å². The molecule has 0 aromatic carbocycles. The van der Waals surface area contributed by atoms with Crippen molar-refractivity contribution in [1.29, 1.82) is 0 Å². The van der Waals surface area contributed by atoms with E-state index in [0.29, 0.717) is 0 Å².